The van der Waals surface area contributed by atoms with Gasteiger partial charge >= 0.3 is 0 Å². The highest BCUT2D eigenvalue weighted by molar-refractivity contribution is 5.64. The quantitative estimate of drug-likeness (QED) is 0.717. The lowest BCUT2D eigenvalue weighted by Gasteiger charge is -2.25. The number of rotatable bonds is 2. The third-order valence-electron chi connectivity index (χ3n) is 2.77. The highest BCUT2D eigenvalue weighted by Crippen LogP contribution is 2.39. The Morgan fingerprint density at radius 1 is 1.11 bits per heavy atom. The van der Waals surface area contributed by atoms with Crippen molar-refractivity contribution < 1.29 is 0 Å². The van der Waals surface area contributed by atoms with Gasteiger partial charge in [0.25, 0.3) is 0 Å². The van der Waals surface area contributed by atoms with E-state index in [1.165, 1.54) is 5.56 Å². The fraction of sp³-hybridized carbons (Fsp3) is 0.600. The normalized spacial score (nSPS) is 13.3. The van der Waals surface area contributed by atoms with Crippen LogP contribution in [0.15, 0.2) is 11.6 Å². The van der Waals surface area contributed by atoms with Crippen LogP contribution in [0.1, 0.15) is 59.7 Å². The Hall–Kier alpha value is -1.38. The molecule has 1 heterocycles. The first-order valence-electron chi connectivity index (χ1n) is 6.37. The van der Waals surface area contributed by atoms with Crippen molar-refractivity contribution in [3.63, 3.8) is 0 Å². The van der Waals surface area contributed by atoms with Gasteiger partial charge < -0.3 is 0 Å². The van der Waals surface area contributed by atoms with Gasteiger partial charge in [0.15, 0.2) is 5.82 Å². The Kier molecular flexibility index (Phi) is 3.84. The molecule has 0 unspecified atom stereocenters. The predicted molar refractivity (Wildman–Crippen MR) is 79.8 cm³/mol. The second kappa shape index (κ2) is 4.71. The zero-order valence-corrected chi connectivity index (χ0v) is 12.7. The molecule has 3 nitrogen and oxygen atoms in total. The van der Waals surface area contributed by atoms with Crippen molar-refractivity contribution in [2.24, 2.45) is 4.99 Å². The lowest BCUT2D eigenvalue weighted by molar-refractivity contribution is 0.519. The van der Waals surface area contributed by atoms with Crippen molar-refractivity contribution >= 4 is 18.2 Å². The van der Waals surface area contributed by atoms with E-state index < -0.39 is 0 Å². The van der Waals surface area contributed by atoms with E-state index in [1.54, 1.807) is 17.1 Å². The minimum atomic E-state index is -0.00507. The summed E-state index contributed by atoms with van der Waals surface area (Å²) in [6, 6.07) is 0. The highest BCUT2D eigenvalue weighted by atomic mass is 15.3. The van der Waals surface area contributed by atoms with Crippen LogP contribution in [0.5, 0.6) is 0 Å². The van der Waals surface area contributed by atoms with Crippen molar-refractivity contribution in [1.29, 1.82) is 0 Å². The Bertz CT molecular complexity index is 465. The van der Waals surface area contributed by atoms with Gasteiger partial charge in [-0.1, -0.05) is 48.1 Å². The maximum Gasteiger partial charge on any atom is 0.158 e. The summed E-state index contributed by atoms with van der Waals surface area (Å²) in [6.07, 6.45) is 3.52. The first-order chi connectivity index (χ1) is 8.12. The monoisotopic (exact) mass is 247 g/mol. The number of hydrogen-bond donors (Lipinski definition) is 0. The first-order valence-corrected chi connectivity index (χ1v) is 6.37. The molecule has 1 aromatic heterocycles. The SMILES string of the molecule is C=Cn1nc(C(C)(C)C)c(C(C)(C)C)c1/N=C\C. The molecule has 0 saturated carbocycles. The maximum absolute atomic E-state index is 4.67. The molecule has 0 saturated heterocycles. The van der Waals surface area contributed by atoms with Gasteiger partial charge in [0.05, 0.1) is 5.69 Å². The molecule has 0 amide bonds. The molecule has 100 valence electrons. The van der Waals surface area contributed by atoms with E-state index in [4.69, 9.17) is 0 Å². The van der Waals surface area contributed by atoms with Gasteiger partial charge in [-0.25, -0.2) is 9.67 Å². The Balaban J connectivity index is 3.69. The summed E-state index contributed by atoms with van der Waals surface area (Å²) >= 11 is 0. The molecule has 0 bridgehead atoms. The van der Waals surface area contributed by atoms with Gasteiger partial charge in [0.1, 0.15) is 0 Å². The van der Waals surface area contributed by atoms with Gasteiger partial charge in [-0.2, -0.15) is 5.10 Å². The Morgan fingerprint density at radius 2 is 1.67 bits per heavy atom. The summed E-state index contributed by atoms with van der Waals surface area (Å²) in [7, 11) is 0. The molecule has 0 fully saturated rings. The van der Waals surface area contributed by atoms with E-state index in [-0.39, 0.29) is 10.8 Å². The van der Waals surface area contributed by atoms with E-state index in [2.05, 4.69) is 58.2 Å². The van der Waals surface area contributed by atoms with Crippen molar-refractivity contribution in [3.8, 4) is 0 Å². The Labute approximate surface area is 111 Å². The summed E-state index contributed by atoms with van der Waals surface area (Å²) in [5.41, 5.74) is 2.30. The van der Waals surface area contributed by atoms with Crippen LogP contribution in [-0.2, 0) is 10.8 Å². The van der Waals surface area contributed by atoms with Crippen LogP contribution in [0.2, 0.25) is 0 Å². The van der Waals surface area contributed by atoms with Crippen LogP contribution in [0, 0.1) is 0 Å². The van der Waals surface area contributed by atoms with Crippen LogP contribution in [0.25, 0.3) is 6.20 Å². The van der Waals surface area contributed by atoms with Crippen LogP contribution < -0.4 is 0 Å². The standard InChI is InChI=1S/C15H25N3/c1-9-16-13-11(14(3,4)5)12(15(6,7)8)17-18(13)10-2/h9-10H,2H2,1,3-8H3/b16-9-. The van der Waals surface area contributed by atoms with E-state index in [9.17, 15) is 0 Å². The highest BCUT2D eigenvalue weighted by Gasteiger charge is 2.32. The largest absolute Gasteiger partial charge is 0.242 e. The summed E-state index contributed by atoms with van der Waals surface area (Å²) in [5.74, 6) is 0.893. The lowest BCUT2D eigenvalue weighted by atomic mass is 9.79. The third-order valence-corrected chi connectivity index (χ3v) is 2.77. The van der Waals surface area contributed by atoms with Crippen LogP contribution in [-0.4, -0.2) is 16.0 Å². The fourth-order valence-corrected chi connectivity index (χ4v) is 2.01. The molecular formula is C15H25N3. The van der Waals surface area contributed by atoms with Crippen LogP contribution >= 0.6 is 0 Å². The summed E-state index contributed by atoms with van der Waals surface area (Å²) in [5, 5.41) is 4.67. The van der Waals surface area contributed by atoms with E-state index in [0.717, 1.165) is 11.5 Å². The van der Waals surface area contributed by atoms with E-state index in [0.29, 0.717) is 0 Å². The van der Waals surface area contributed by atoms with Gasteiger partial charge in [0.2, 0.25) is 0 Å². The molecule has 0 atom stereocenters. The van der Waals surface area contributed by atoms with E-state index in [1.807, 2.05) is 6.92 Å². The molecule has 0 aromatic carbocycles. The van der Waals surface area contributed by atoms with Crippen molar-refractivity contribution in [2.75, 3.05) is 0 Å². The van der Waals surface area contributed by atoms with Crippen molar-refractivity contribution in [3.05, 3.63) is 17.8 Å². The van der Waals surface area contributed by atoms with E-state index >= 15 is 0 Å². The topological polar surface area (TPSA) is 30.2 Å². The lowest BCUT2D eigenvalue weighted by Crippen LogP contribution is -2.21. The summed E-state index contributed by atoms with van der Waals surface area (Å²) < 4.78 is 1.78. The first kappa shape index (κ1) is 14.7. The zero-order chi connectivity index (χ0) is 14.1. The molecule has 1 rings (SSSR count). The molecule has 0 N–H and O–H groups in total. The third kappa shape index (κ3) is 2.71. The number of nitrogens with zero attached hydrogens (tertiary/aromatic N) is 3. The van der Waals surface area contributed by atoms with Gasteiger partial charge in [-0.05, 0) is 12.3 Å². The number of aliphatic imine (C=N–C) groups is 1. The average Bonchev–Trinajstić information content (AvgIpc) is 2.56. The Morgan fingerprint density at radius 3 is 2.00 bits per heavy atom. The molecular weight excluding hydrogens is 222 g/mol. The molecule has 0 aliphatic carbocycles. The average molecular weight is 247 g/mol. The van der Waals surface area contributed by atoms with Crippen molar-refractivity contribution in [2.45, 2.75) is 59.3 Å². The number of hydrogen-bond acceptors (Lipinski definition) is 2. The second-order valence-corrected chi connectivity index (χ2v) is 6.56. The molecule has 0 spiro atoms. The molecule has 18 heavy (non-hydrogen) atoms. The summed E-state index contributed by atoms with van der Waals surface area (Å²) in [4.78, 5) is 4.48. The van der Waals surface area contributed by atoms with Crippen LogP contribution in [0.4, 0.5) is 5.82 Å². The van der Waals surface area contributed by atoms with Gasteiger partial charge in [-0.3, -0.25) is 0 Å². The molecule has 1 aromatic rings. The minimum absolute atomic E-state index is 0.00507. The van der Waals surface area contributed by atoms with Gasteiger partial charge in [-0.15, -0.1) is 0 Å². The zero-order valence-electron chi connectivity index (χ0n) is 12.7. The predicted octanol–water partition coefficient (Wildman–Crippen LogP) is 4.30. The summed E-state index contributed by atoms with van der Waals surface area (Å²) in [6.45, 7) is 18.9. The number of aromatic nitrogens is 2. The minimum Gasteiger partial charge on any atom is -0.242 e. The van der Waals surface area contributed by atoms with Crippen molar-refractivity contribution in [1.82, 2.24) is 9.78 Å². The molecule has 0 radical (unpaired) electrons. The van der Waals surface area contributed by atoms with Gasteiger partial charge in [0, 0.05) is 23.4 Å². The molecule has 0 aliphatic heterocycles. The van der Waals surface area contributed by atoms with Crippen LogP contribution in [0.3, 0.4) is 0 Å². The molecule has 3 heteroatoms. The fourth-order valence-electron chi connectivity index (χ4n) is 2.01. The maximum atomic E-state index is 4.67. The smallest absolute Gasteiger partial charge is 0.158 e. The molecule has 0 aliphatic rings. The second-order valence-electron chi connectivity index (χ2n) is 6.56.